The lowest BCUT2D eigenvalue weighted by molar-refractivity contribution is 0.0952. The lowest BCUT2D eigenvalue weighted by Gasteiger charge is -2.09. The number of rotatable bonds is 6. The molecule has 0 bridgehead atoms. The number of carbonyl (C=O) groups is 1. The molecule has 6 nitrogen and oxygen atoms in total. The number of carbonyl (C=O) groups excluding carboxylic acids is 1. The second-order valence-electron chi connectivity index (χ2n) is 4.21. The summed E-state index contributed by atoms with van der Waals surface area (Å²) in [5.74, 6) is 0.437. The molecule has 0 aliphatic heterocycles. The van der Waals surface area contributed by atoms with Gasteiger partial charge in [0.2, 0.25) is 0 Å². The predicted octanol–water partition coefficient (Wildman–Crippen LogP) is 1.29. The van der Waals surface area contributed by atoms with Crippen molar-refractivity contribution in [3.05, 3.63) is 42.2 Å². The highest BCUT2D eigenvalue weighted by Crippen LogP contribution is 2.22. The van der Waals surface area contributed by atoms with Crippen molar-refractivity contribution >= 4 is 11.6 Å². The Morgan fingerprint density at radius 2 is 2.35 bits per heavy atom. The summed E-state index contributed by atoms with van der Waals surface area (Å²) < 4.78 is 7.09. The summed E-state index contributed by atoms with van der Waals surface area (Å²) in [6.07, 6.45) is 3.55. The Hall–Kier alpha value is -2.50. The van der Waals surface area contributed by atoms with Crippen LogP contribution in [0, 0.1) is 0 Å². The first-order valence-corrected chi connectivity index (χ1v) is 6.48. The van der Waals surface area contributed by atoms with E-state index in [0.717, 1.165) is 0 Å². The predicted molar refractivity (Wildman–Crippen MR) is 76.6 cm³/mol. The fourth-order valence-corrected chi connectivity index (χ4v) is 1.80. The van der Waals surface area contributed by atoms with E-state index < -0.39 is 0 Å². The van der Waals surface area contributed by atoms with Crippen LogP contribution in [0.2, 0.25) is 0 Å². The van der Waals surface area contributed by atoms with Crippen LogP contribution in [-0.2, 0) is 6.54 Å². The van der Waals surface area contributed by atoms with Crippen molar-refractivity contribution < 1.29 is 9.53 Å². The average molecular weight is 274 g/mol. The van der Waals surface area contributed by atoms with E-state index in [-0.39, 0.29) is 5.91 Å². The molecule has 106 valence electrons. The van der Waals surface area contributed by atoms with E-state index in [2.05, 4.69) is 10.4 Å². The van der Waals surface area contributed by atoms with Gasteiger partial charge in [-0.2, -0.15) is 5.10 Å². The highest BCUT2D eigenvalue weighted by Gasteiger charge is 2.08. The van der Waals surface area contributed by atoms with Gasteiger partial charge < -0.3 is 15.8 Å². The molecule has 0 saturated carbocycles. The Kier molecular flexibility index (Phi) is 4.60. The zero-order chi connectivity index (χ0) is 14.4. The van der Waals surface area contributed by atoms with Crippen molar-refractivity contribution in [3.8, 4) is 5.75 Å². The van der Waals surface area contributed by atoms with Crippen molar-refractivity contribution in [2.75, 3.05) is 18.9 Å². The smallest absolute Gasteiger partial charge is 0.251 e. The number of hydrogen-bond acceptors (Lipinski definition) is 4. The second-order valence-corrected chi connectivity index (χ2v) is 4.21. The van der Waals surface area contributed by atoms with Gasteiger partial charge in [-0.25, -0.2) is 0 Å². The maximum atomic E-state index is 12.0. The van der Waals surface area contributed by atoms with Crippen molar-refractivity contribution in [3.63, 3.8) is 0 Å². The summed E-state index contributed by atoms with van der Waals surface area (Å²) in [6, 6.07) is 6.87. The van der Waals surface area contributed by atoms with Gasteiger partial charge in [0.1, 0.15) is 5.75 Å². The van der Waals surface area contributed by atoms with Crippen LogP contribution in [0.25, 0.3) is 0 Å². The molecule has 0 atom stereocenters. The molecule has 0 unspecified atom stereocenters. The lowest BCUT2D eigenvalue weighted by atomic mass is 10.1. The van der Waals surface area contributed by atoms with Crippen molar-refractivity contribution in [1.29, 1.82) is 0 Å². The minimum Gasteiger partial charge on any atom is -0.492 e. The molecule has 0 aliphatic carbocycles. The zero-order valence-electron chi connectivity index (χ0n) is 11.4. The number of nitrogen functional groups attached to an aromatic ring is 1. The molecule has 0 fully saturated rings. The van der Waals surface area contributed by atoms with Gasteiger partial charge in [-0.15, -0.1) is 0 Å². The first-order chi connectivity index (χ1) is 9.70. The Bertz CT molecular complexity index is 567. The standard InChI is InChI=1S/C14H18N4O2/c1-2-20-13-5-4-11(10-12(13)15)14(19)16-7-9-18-8-3-6-17-18/h3-6,8,10H,2,7,9,15H2,1H3,(H,16,19). The van der Waals surface area contributed by atoms with Gasteiger partial charge in [0.05, 0.1) is 18.8 Å². The molecule has 1 aromatic heterocycles. The Balaban J connectivity index is 1.90. The molecule has 0 spiro atoms. The molecular formula is C14H18N4O2. The molecular weight excluding hydrogens is 256 g/mol. The summed E-state index contributed by atoms with van der Waals surface area (Å²) in [5.41, 5.74) is 6.82. The third-order valence-corrected chi connectivity index (χ3v) is 2.76. The third kappa shape index (κ3) is 3.50. The van der Waals surface area contributed by atoms with Crippen molar-refractivity contribution in [1.82, 2.24) is 15.1 Å². The molecule has 20 heavy (non-hydrogen) atoms. The molecule has 2 rings (SSSR count). The van der Waals surface area contributed by atoms with Crippen LogP contribution in [-0.4, -0.2) is 28.8 Å². The summed E-state index contributed by atoms with van der Waals surface area (Å²) in [4.78, 5) is 12.0. The fraction of sp³-hybridized carbons (Fsp3) is 0.286. The Labute approximate surface area is 117 Å². The normalized spacial score (nSPS) is 10.2. The molecule has 0 aliphatic rings. The second kappa shape index (κ2) is 6.60. The molecule has 6 heteroatoms. The van der Waals surface area contributed by atoms with Crippen LogP contribution < -0.4 is 15.8 Å². The molecule has 0 radical (unpaired) electrons. The number of nitrogens with zero attached hydrogens (tertiary/aromatic N) is 2. The van der Waals surface area contributed by atoms with Gasteiger partial charge in [0.15, 0.2) is 0 Å². The number of nitrogens with two attached hydrogens (primary N) is 1. The molecule has 3 N–H and O–H groups in total. The number of ether oxygens (including phenoxy) is 1. The minimum absolute atomic E-state index is 0.160. The van der Waals surface area contributed by atoms with E-state index in [1.165, 1.54) is 0 Å². The number of nitrogens with one attached hydrogen (secondary N) is 1. The first kappa shape index (κ1) is 13.9. The SMILES string of the molecule is CCOc1ccc(C(=O)NCCn2cccn2)cc1N. The van der Waals surface area contributed by atoms with Crippen LogP contribution in [0.1, 0.15) is 17.3 Å². The molecule has 1 heterocycles. The van der Waals surface area contributed by atoms with E-state index in [1.807, 2.05) is 19.2 Å². The first-order valence-electron chi connectivity index (χ1n) is 6.48. The Morgan fingerprint density at radius 3 is 3.00 bits per heavy atom. The van der Waals surface area contributed by atoms with Gasteiger partial charge in [-0.1, -0.05) is 0 Å². The van der Waals surface area contributed by atoms with Gasteiger partial charge in [0, 0.05) is 24.5 Å². The molecule has 1 aromatic carbocycles. The Morgan fingerprint density at radius 1 is 1.50 bits per heavy atom. The molecule has 1 amide bonds. The van der Waals surface area contributed by atoms with Crippen molar-refractivity contribution in [2.24, 2.45) is 0 Å². The molecule has 2 aromatic rings. The van der Waals surface area contributed by atoms with Gasteiger partial charge in [0.25, 0.3) is 5.91 Å². The van der Waals surface area contributed by atoms with E-state index in [9.17, 15) is 4.79 Å². The quantitative estimate of drug-likeness (QED) is 0.778. The maximum absolute atomic E-state index is 12.0. The summed E-state index contributed by atoms with van der Waals surface area (Å²) in [6.45, 7) is 3.56. The minimum atomic E-state index is -0.160. The number of anilines is 1. The average Bonchev–Trinajstić information content (AvgIpc) is 2.94. The van der Waals surface area contributed by atoms with E-state index >= 15 is 0 Å². The fourth-order valence-electron chi connectivity index (χ4n) is 1.80. The number of aromatic nitrogens is 2. The van der Waals surface area contributed by atoms with Gasteiger partial charge in [-0.3, -0.25) is 9.48 Å². The number of amides is 1. The summed E-state index contributed by atoms with van der Waals surface area (Å²) >= 11 is 0. The summed E-state index contributed by atoms with van der Waals surface area (Å²) in [5, 5.41) is 6.88. The van der Waals surface area contributed by atoms with Gasteiger partial charge >= 0.3 is 0 Å². The maximum Gasteiger partial charge on any atom is 0.251 e. The van der Waals surface area contributed by atoms with Crippen molar-refractivity contribution in [2.45, 2.75) is 13.5 Å². The van der Waals surface area contributed by atoms with E-state index in [0.29, 0.717) is 36.7 Å². The highest BCUT2D eigenvalue weighted by atomic mass is 16.5. The highest BCUT2D eigenvalue weighted by molar-refractivity contribution is 5.95. The summed E-state index contributed by atoms with van der Waals surface area (Å²) in [7, 11) is 0. The van der Waals surface area contributed by atoms with E-state index in [4.69, 9.17) is 10.5 Å². The van der Waals surface area contributed by atoms with Gasteiger partial charge in [-0.05, 0) is 31.2 Å². The number of benzene rings is 1. The third-order valence-electron chi connectivity index (χ3n) is 2.76. The molecule has 0 saturated heterocycles. The lowest BCUT2D eigenvalue weighted by Crippen LogP contribution is -2.27. The monoisotopic (exact) mass is 274 g/mol. The largest absolute Gasteiger partial charge is 0.492 e. The number of hydrogen-bond donors (Lipinski definition) is 2. The van der Waals surface area contributed by atoms with Crippen LogP contribution in [0.15, 0.2) is 36.7 Å². The van der Waals surface area contributed by atoms with Crippen LogP contribution in [0.3, 0.4) is 0 Å². The van der Waals surface area contributed by atoms with Crippen LogP contribution in [0.5, 0.6) is 5.75 Å². The van der Waals surface area contributed by atoms with Crippen LogP contribution >= 0.6 is 0 Å². The van der Waals surface area contributed by atoms with E-state index in [1.54, 1.807) is 29.1 Å². The zero-order valence-corrected chi connectivity index (χ0v) is 11.4. The topological polar surface area (TPSA) is 82.2 Å². The van der Waals surface area contributed by atoms with Crippen LogP contribution in [0.4, 0.5) is 5.69 Å².